The first-order valence-corrected chi connectivity index (χ1v) is 11.3. The van der Waals surface area contributed by atoms with Crippen molar-refractivity contribution in [1.29, 1.82) is 0 Å². The van der Waals surface area contributed by atoms with E-state index in [1.807, 2.05) is 6.07 Å². The van der Waals surface area contributed by atoms with Gasteiger partial charge in [-0.25, -0.2) is 9.97 Å². The number of hydrogen-bond acceptors (Lipinski definition) is 10. The number of nitrogens with one attached hydrogen (secondary N) is 1. The van der Waals surface area contributed by atoms with E-state index in [-0.39, 0.29) is 17.0 Å². The third kappa shape index (κ3) is 6.68. The Morgan fingerprint density at radius 3 is 2.29 bits per heavy atom. The predicted octanol–water partition coefficient (Wildman–Crippen LogP) is 1.44. The van der Waals surface area contributed by atoms with Gasteiger partial charge in [-0.1, -0.05) is 11.6 Å². The molecule has 3 aromatic rings. The maximum absolute atomic E-state index is 10.5. The molecule has 192 valence electrons. The molecule has 0 radical (unpaired) electrons. The van der Waals surface area contributed by atoms with Crippen molar-refractivity contribution in [2.75, 3.05) is 32.8 Å². The van der Waals surface area contributed by atoms with Crippen LogP contribution in [0.5, 0.6) is 11.5 Å². The largest absolute Gasteiger partial charge is 0.493 e. The van der Waals surface area contributed by atoms with Gasteiger partial charge in [-0.05, 0) is 40.2 Å². The highest BCUT2D eigenvalue weighted by Crippen LogP contribution is 2.36. The van der Waals surface area contributed by atoms with Crippen molar-refractivity contribution in [3.8, 4) is 11.5 Å². The van der Waals surface area contributed by atoms with E-state index in [9.17, 15) is 20.4 Å². The lowest BCUT2D eigenvalue weighted by atomic mass is 10.0. The summed E-state index contributed by atoms with van der Waals surface area (Å²) in [4.78, 5) is 8.57. The summed E-state index contributed by atoms with van der Waals surface area (Å²) in [5, 5.41) is 44.2. The number of halogens is 2. The summed E-state index contributed by atoms with van der Waals surface area (Å²) in [5.41, 5.74) is 1.20. The quantitative estimate of drug-likeness (QED) is 0.224. The van der Waals surface area contributed by atoms with E-state index in [1.165, 1.54) is 20.5 Å². The molecule has 1 heterocycles. The molecule has 0 aliphatic heterocycles. The fourth-order valence-electron chi connectivity index (χ4n) is 3.27. The summed E-state index contributed by atoms with van der Waals surface area (Å²) < 4.78 is 16.9. The van der Waals surface area contributed by atoms with Gasteiger partial charge in [0.25, 0.3) is 0 Å². The van der Waals surface area contributed by atoms with Crippen LogP contribution in [0.3, 0.4) is 0 Å². The van der Waals surface area contributed by atoms with Crippen LogP contribution in [0, 0.1) is 0 Å². The van der Waals surface area contributed by atoms with Gasteiger partial charge in [-0.2, -0.15) is 0 Å². The maximum Gasteiger partial charge on any atom is 0.164 e. The molecule has 1 aromatic heterocycles. The average molecular weight is 577 g/mol. The molecule has 0 saturated carbocycles. The van der Waals surface area contributed by atoms with Crippen LogP contribution in [0.1, 0.15) is 0 Å². The van der Waals surface area contributed by atoms with Crippen LogP contribution in [-0.4, -0.2) is 87.7 Å². The Kier molecular flexibility index (Phi) is 10.9. The maximum atomic E-state index is 10.5. The monoisotopic (exact) mass is 575 g/mol. The molecule has 7 N–H and O–H groups in total. The van der Waals surface area contributed by atoms with Crippen molar-refractivity contribution in [2.24, 2.45) is 0 Å². The minimum Gasteiger partial charge on any atom is -0.493 e. The first-order chi connectivity index (χ1) is 16.3. The molecule has 0 bridgehead atoms. The molecule has 2 aromatic carbocycles. The number of aromatic nitrogens is 2. The Balaban J connectivity index is 0.00000432. The van der Waals surface area contributed by atoms with Crippen molar-refractivity contribution in [3.05, 3.63) is 46.2 Å². The molecule has 35 heavy (non-hydrogen) atoms. The lowest BCUT2D eigenvalue weighted by Crippen LogP contribution is -2.49. The van der Waals surface area contributed by atoms with E-state index in [4.69, 9.17) is 25.8 Å². The summed E-state index contributed by atoms with van der Waals surface area (Å²) in [5.74, 6) is 0.952. The third-order valence-electron chi connectivity index (χ3n) is 5.16. The highest BCUT2D eigenvalue weighted by atomic mass is 79.9. The van der Waals surface area contributed by atoms with Gasteiger partial charge >= 0.3 is 0 Å². The second kappa shape index (κ2) is 13.1. The van der Waals surface area contributed by atoms with E-state index < -0.39 is 37.6 Å². The number of anilines is 2. The van der Waals surface area contributed by atoms with Crippen LogP contribution in [-0.2, 0) is 4.74 Å². The zero-order chi connectivity index (χ0) is 24.8. The fourth-order valence-corrected chi connectivity index (χ4v) is 3.69. The number of hydrogen-bond donors (Lipinski definition) is 5. The van der Waals surface area contributed by atoms with Crippen LogP contribution in [0.4, 0.5) is 11.5 Å². The zero-order valence-electron chi connectivity index (χ0n) is 18.9. The van der Waals surface area contributed by atoms with E-state index in [2.05, 4.69) is 31.2 Å². The molecule has 0 spiro atoms. The molecule has 0 aliphatic carbocycles. The number of nitrogens with zero attached hydrogens (tertiary/aromatic N) is 2. The Bertz CT molecular complexity index is 1120. The average Bonchev–Trinajstić information content (AvgIpc) is 2.84. The second-order valence-electron chi connectivity index (χ2n) is 7.27. The predicted molar refractivity (Wildman–Crippen MR) is 134 cm³/mol. The number of aliphatic hydroxyl groups excluding tert-OH is 4. The minimum atomic E-state index is -1.56. The topological polar surface area (TPSA) is 178 Å². The molecule has 13 heteroatoms. The van der Waals surface area contributed by atoms with Crippen molar-refractivity contribution in [1.82, 2.24) is 9.97 Å². The Hall–Kier alpha value is -2.29. The molecule has 11 nitrogen and oxygen atoms in total. The number of benzene rings is 2. The second-order valence-corrected chi connectivity index (χ2v) is 8.53. The van der Waals surface area contributed by atoms with Crippen molar-refractivity contribution in [2.45, 2.75) is 24.4 Å². The van der Waals surface area contributed by atoms with Gasteiger partial charge in [0.1, 0.15) is 30.5 Å². The van der Waals surface area contributed by atoms with Crippen molar-refractivity contribution < 1.29 is 40.1 Å². The zero-order valence-corrected chi connectivity index (χ0v) is 21.2. The molecule has 0 aliphatic rings. The van der Waals surface area contributed by atoms with E-state index in [0.29, 0.717) is 27.4 Å². The highest BCUT2D eigenvalue weighted by molar-refractivity contribution is 9.10. The number of rotatable bonds is 11. The lowest BCUT2D eigenvalue weighted by molar-refractivity contribution is -0.127. The summed E-state index contributed by atoms with van der Waals surface area (Å²) in [6.45, 7) is -1.15. The van der Waals surface area contributed by atoms with Crippen LogP contribution in [0.25, 0.3) is 10.9 Å². The van der Waals surface area contributed by atoms with Crippen molar-refractivity contribution in [3.63, 3.8) is 0 Å². The fraction of sp³-hybridized carbons (Fsp3) is 0.364. The molecule has 3 rings (SSSR count). The lowest BCUT2D eigenvalue weighted by Gasteiger charge is -2.30. The van der Waals surface area contributed by atoms with Gasteiger partial charge < -0.3 is 45.4 Å². The van der Waals surface area contributed by atoms with Crippen LogP contribution >= 0.6 is 27.5 Å². The Morgan fingerprint density at radius 1 is 1.00 bits per heavy atom. The van der Waals surface area contributed by atoms with E-state index in [0.717, 1.165) is 4.47 Å². The first kappa shape index (κ1) is 28.9. The number of methoxy groups -OCH3 is 2. The minimum absolute atomic E-state index is 0. The van der Waals surface area contributed by atoms with Gasteiger partial charge in [0.2, 0.25) is 0 Å². The molecule has 4 atom stereocenters. The molecule has 0 unspecified atom stereocenters. The van der Waals surface area contributed by atoms with Gasteiger partial charge in [-0.15, -0.1) is 0 Å². The summed E-state index contributed by atoms with van der Waals surface area (Å²) in [6, 6.07) is 8.59. The SMILES string of the molecule is COc1cc2c(Nc3ccc(Br)c(Cl)c3)ncnc2cc1O[C@@H](CO)[C@@H](O)[C@H](O)[C@H](CO)OC.O. The Morgan fingerprint density at radius 2 is 1.69 bits per heavy atom. The number of fused-ring (bicyclic) bond motifs is 1. The third-order valence-corrected chi connectivity index (χ3v) is 6.39. The molecular formula is C22H27BrClN3O8. The van der Waals surface area contributed by atoms with Crippen LogP contribution < -0.4 is 14.8 Å². The summed E-state index contributed by atoms with van der Waals surface area (Å²) in [7, 11) is 2.72. The number of ether oxygens (including phenoxy) is 3. The number of aliphatic hydroxyl groups is 4. The normalized spacial score (nSPS) is 14.5. The molecular weight excluding hydrogens is 550 g/mol. The van der Waals surface area contributed by atoms with Gasteiger partial charge in [0.15, 0.2) is 17.6 Å². The first-order valence-electron chi connectivity index (χ1n) is 10.1. The van der Waals surface area contributed by atoms with Crippen molar-refractivity contribution >= 4 is 49.9 Å². The molecule has 0 saturated heterocycles. The van der Waals surface area contributed by atoms with Gasteiger partial charge in [0.05, 0.1) is 30.9 Å². The summed E-state index contributed by atoms with van der Waals surface area (Å²) in [6.07, 6.45) is -4.00. The van der Waals surface area contributed by atoms with E-state index >= 15 is 0 Å². The van der Waals surface area contributed by atoms with E-state index in [1.54, 1.807) is 24.3 Å². The summed E-state index contributed by atoms with van der Waals surface area (Å²) >= 11 is 9.53. The standard InChI is InChI=1S/C22H25BrClN3O7.H2O/c1-32-16-6-12-15(25-10-26-22(12)27-11-3-4-13(23)14(24)5-11)7-17(16)34-19(9-29)21(31)20(30)18(8-28)33-2;/h3-7,10,18-21,28-31H,8-9H2,1-2H3,(H,25,26,27);1H2/t18-,19-,20+,21+;/m0./s1. The van der Waals surface area contributed by atoms with Gasteiger partial charge in [0, 0.05) is 28.7 Å². The van der Waals surface area contributed by atoms with Crippen LogP contribution in [0.15, 0.2) is 41.1 Å². The smallest absolute Gasteiger partial charge is 0.164 e. The highest BCUT2D eigenvalue weighted by Gasteiger charge is 2.34. The Labute approximate surface area is 214 Å². The van der Waals surface area contributed by atoms with Crippen LogP contribution in [0.2, 0.25) is 5.02 Å². The molecule has 0 fully saturated rings. The van der Waals surface area contributed by atoms with Gasteiger partial charge in [-0.3, -0.25) is 0 Å². The molecule has 0 amide bonds.